The van der Waals surface area contributed by atoms with Crippen LogP contribution in [-0.2, 0) is 11.3 Å². The molecule has 5 heteroatoms. The summed E-state index contributed by atoms with van der Waals surface area (Å²) in [6, 6.07) is 41.4. The molecule has 0 radical (unpaired) electrons. The van der Waals surface area contributed by atoms with E-state index in [2.05, 4.69) is 16.0 Å². The van der Waals surface area contributed by atoms with E-state index in [1.165, 1.54) is 0 Å². The molecule has 4 nitrogen and oxygen atoms in total. The number of nitriles is 1. The first-order valence-corrected chi connectivity index (χ1v) is 12.6. The molecule has 184 valence electrons. The summed E-state index contributed by atoms with van der Waals surface area (Å²) in [5, 5.41) is 13.5. The molecular weight excluding hydrogens is 490 g/mol. The fraction of sp³-hybridized carbons (Fsp3) is 0.0303. The fourth-order valence-electron chi connectivity index (χ4n) is 4.39. The zero-order valence-corrected chi connectivity index (χ0v) is 21.3. The van der Waals surface area contributed by atoms with Crippen molar-refractivity contribution in [3.8, 4) is 34.3 Å². The maximum atomic E-state index is 13.0. The van der Waals surface area contributed by atoms with Gasteiger partial charge >= 0.3 is 0 Å². The maximum Gasteiger partial charge on any atom is 0.262 e. The topological polar surface area (TPSA) is 57.8 Å². The minimum Gasteiger partial charge on any atom is -0.347 e. The van der Waals surface area contributed by atoms with E-state index in [0.717, 1.165) is 39.3 Å². The summed E-state index contributed by atoms with van der Waals surface area (Å²) in [4.78, 5) is 13.0. The largest absolute Gasteiger partial charge is 0.347 e. The van der Waals surface area contributed by atoms with Gasteiger partial charge in [0.15, 0.2) is 0 Å². The highest BCUT2D eigenvalue weighted by Crippen LogP contribution is 2.37. The number of nitrogens with one attached hydrogen (secondary N) is 1. The summed E-state index contributed by atoms with van der Waals surface area (Å²) in [6.07, 6.45) is 1.67. The molecule has 1 amide bonds. The lowest BCUT2D eigenvalue weighted by Crippen LogP contribution is -2.23. The molecule has 0 atom stereocenters. The Hall–Kier alpha value is -4.85. The third-order valence-electron chi connectivity index (χ3n) is 6.19. The molecule has 0 unspecified atom stereocenters. The summed E-state index contributed by atoms with van der Waals surface area (Å²) >= 11 is 6.22. The molecule has 0 aliphatic carbocycles. The van der Waals surface area contributed by atoms with Gasteiger partial charge in [0.2, 0.25) is 0 Å². The minimum atomic E-state index is -0.420. The van der Waals surface area contributed by atoms with Gasteiger partial charge in [0, 0.05) is 22.8 Å². The van der Waals surface area contributed by atoms with Crippen molar-refractivity contribution in [3.63, 3.8) is 0 Å². The molecule has 38 heavy (non-hydrogen) atoms. The number of rotatable bonds is 7. The van der Waals surface area contributed by atoms with Crippen molar-refractivity contribution in [3.05, 3.63) is 143 Å². The predicted molar refractivity (Wildman–Crippen MR) is 154 cm³/mol. The number of carbonyl (C=O) groups is 1. The van der Waals surface area contributed by atoms with E-state index in [4.69, 9.17) is 11.6 Å². The average molecular weight is 514 g/mol. The highest BCUT2D eigenvalue weighted by atomic mass is 35.5. The number of carbonyl (C=O) groups excluding carboxylic acids is 1. The van der Waals surface area contributed by atoms with Crippen LogP contribution in [0.15, 0.2) is 127 Å². The lowest BCUT2D eigenvalue weighted by molar-refractivity contribution is -0.117. The van der Waals surface area contributed by atoms with Crippen molar-refractivity contribution in [2.24, 2.45) is 0 Å². The Morgan fingerprint density at radius 2 is 1.39 bits per heavy atom. The second-order valence-corrected chi connectivity index (χ2v) is 9.15. The van der Waals surface area contributed by atoms with Gasteiger partial charge in [-0.3, -0.25) is 4.79 Å². The van der Waals surface area contributed by atoms with Gasteiger partial charge in [-0.25, -0.2) is 0 Å². The van der Waals surface area contributed by atoms with Crippen molar-refractivity contribution < 1.29 is 4.79 Å². The summed E-state index contributed by atoms with van der Waals surface area (Å²) in [6.45, 7) is 0.339. The van der Waals surface area contributed by atoms with Crippen LogP contribution in [0.25, 0.3) is 34.3 Å². The van der Waals surface area contributed by atoms with Crippen LogP contribution in [-0.4, -0.2) is 10.5 Å². The van der Waals surface area contributed by atoms with E-state index in [0.29, 0.717) is 11.6 Å². The van der Waals surface area contributed by atoms with Crippen molar-refractivity contribution in [2.45, 2.75) is 6.54 Å². The van der Waals surface area contributed by atoms with Crippen LogP contribution in [0.1, 0.15) is 11.1 Å². The van der Waals surface area contributed by atoms with Crippen molar-refractivity contribution in [1.29, 1.82) is 5.26 Å². The van der Waals surface area contributed by atoms with Gasteiger partial charge < -0.3 is 9.88 Å². The van der Waals surface area contributed by atoms with Crippen LogP contribution < -0.4 is 5.32 Å². The number of benzene rings is 4. The van der Waals surface area contributed by atoms with Crippen LogP contribution in [0.2, 0.25) is 5.02 Å². The summed E-state index contributed by atoms with van der Waals surface area (Å²) in [7, 11) is 0. The third-order valence-corrected chi connectivity index (χ3v) is 6.44. The van der Waals surface area contributed by atoms with Crippen molar-refractivity contribution in [2.75, 3.05) is 0 Å². The van der Waals surface area contributed by atoms with E-state index in [1.54, 1.807) is 6.08 Å². The molecule has 0 saturated carbocycles. The van der Waals surface area contributed by atoms with Crippen LogP contribution in [0, 0.1) is 11.3 Å². The molecule has 1 N–H and O–H groups in total. The van der Waals surface area contributed by atoms with Crippen LogP contribution in [0.5, 0.6) is 0 Å². The third kappa shape index (κ3) is 5.44. The van der Waals surface area contributed by atoms with Crippen LogP contribution >= 0.6 is 11.6 Å². The smallest absolute Gasteiger partial charge is 0.262 e. The number of halogens is 1. The monoisotopic (exact) mass is 513 g/mol. The van der Waals surface area contributed by atoms with Gasteiger partial charge in [0.05, 0.1) is 11.4 Å². The molecule has 0 saturated heterocycles. The van der Waals surface area contributed by atoms with E-state index < -0.39 is 5.91 Å². The Morgan fingerprint density at radius 3 is 2.00 bits per heavy atom. The van der Waals surface area contributed by atoms with Gasteiger partial charge in [-0.1, -0.05) is 103 Å². The summed E-state index contributed by atoms with van der Waals surface area (Å²) in [5.41, 5.74) is 6.43. The molecule has 0 bridgehead atoms. The molecule has 5 rings (SSSR count). The Balaban J connectivity index is 1.67. The fourth-order valence-corrected chi connectivity index (χ4v) is 4.51. The van der Waals surface area contributed by atoms with Crippen molar-refractivity contribution in [1.82, 2.24) is 9.88 Å². The Labute approximate surface area is 227 Å². The van der Waals surface area contributed by atoms with Gasteiger partial charge in [-0.15, -0.1) is 0 Å². The van der Waals surface area contributed by atoms with Gasteiger partial charge in [0.25, 0.3) is 5.91 Å². The van der Waals surface area contributed by atoms with E-state index >= 15 is 0 Å². The van der Waals surface area contributed by atoms with Gasteiger partial charge in [0.1, 0.15) is 11.6 Å². The van der Waals surface area contributed by atoms with E-state index in [-0.39, 0.29) is 5.57 Å². The quantitative estimate of drug-likeness (QED) is 0.179. The maximum absolute atomic E-state index is 13.0. The van der Waals surface area contributed by atoms with E-state index in [1.807, 2.05) is 121 Å². The highest BCUT2D eigenvalue weighted by Gasteiger charge is 2.20. The SMILES string of the molecule is N#C/C(=C/c1cc(-c2ccccc2)n(-c2ccc(Cl)cc2)c1-c1ccccc1)C(=O)NCc1ccccc1. The number of hydrogen-bond acceptors (Lipinski definition) is 2. The first-order chi connectivity index (χ1) is 18.6. The second-order valence-electron chi connectivity index (χ2n) is 8.72. The zero-order valence-electron chi connectivity index (χ0n) is 20.5. The predicted octanol–water partition coefficient (Wildman–Crippen LogP) is 7.69. The molecule has 0 aliphatic rings. The second kappa shape index (κ2) is 11.5. The summed E-state index contributed by atoms with van der Waals surface area (Å²) in [5.74, 6) is -0.420. The summed E-state index contributed by atoms with van der Waals surface area (Å²) < 4.78 is 2.14. The zero-order chi connectivity index (χ0) is 26.3. The molecular formula is C33H24ClN3O. The number of aromatic nitrogens is 1. The Morgan fingerprint density at radius 1 is 0.816 bits per heavy atom. The Kier molecular flexibility index (Phi) is 7.49. The van der Waals surface area contributed by atoms with Crippen LogP contribution in [0.3, 0.4) is 0 Å². The first kappa shape index (κ1) is 24.8. The lowest BCUT2D eigenvalue weighted by atomic mass is 10.0. The normalized spacial score (nSPS) is 11.1. The first-order valence-electron chi connectivity index (χ1n) is 12.2. The minimum absolute atomic E-state index is 0.0333. The van der Waals surface area contributed by atoms with Crippen LogP contribution in [0.4, 0.5) is 0 Å². The van der Waals surface area contributed by atoms with Gasteiger partial charge in [-0.2, -0.15) is 5.26 Å². The average Bonchev–Trinajstić information content (AvgIpc) is 3.35. The van der Waals surface area contributed by atoms with Gasteiger partial charge in [-0.05, 0) is 53.1 Å². The molecule has 1 aromatic heterocycles. The molecule has 0 spiro atoms. The molecule has 0 aliphatic heterocycles. The Bertz CT molecular complexity index is 1620. The standard InChI is InChI=1S/C33H24ClN3O/c34-29-16-18-30(19-17-29)37-31(25-12-6-2-7-13-25)21-27(32(37)26-14-8-3-9-15-26)20-28(22-35)33(38)36-23-24-10-4-1-5-11-24/h1-21H,23H2,(H,36,38)/b28-20-. The number of hydrogen-bond donors (Lipinski definition) is 1. The molecule has 1 heterocycles. The molecule has 4 aromatic carbocycles. The highest BCUT2D eigenvalue weighted by molar-refractivity contribution is 6.30. The molecule has 5 aromatic rings. The number of amides is 1. The van der Waals surface area contributed by atoms with E-state index in [9.17, 15) is 10.1 Å². The lowest BCUT2D eigenvalue weighted by Gasteiger charge is -2.15. The molecule has 0 fully saturated rings. The number of nitrogens with zero attached hydrogens (tertiary/aromatic N) is 2. The van der Waals surface area contributed by atoms with Crippen molar-refractivity contribution >= 4 is 23.6 Å².